The molecule has 0 aliphatic heterocycles. The molecule has 118 valence electrons. The van der Waals surface area contributed by atoms with Crippen LogP contribution in [0.4, 0.5) is 0 Å². The van der Waals surface area contributed by atoms with Gasteiger partial charge in [0.2, 0.25) is 0 Å². The van der Waals surface area contributed by atoms with E-state index in [0.717, 1.165) is 22.5 Å². The lowest BCUT2D eigenvalue weighted by Gasteiger charge is -2.14. The van der Waals surface area contributed by atoms with Gasteiger partial charge in [-0.25, -0.2) is 14.3 Å². The average molecular weight is 309 g/mol. The molecule has 0 bridgehead atoms. The molecule has 0 fully saturated rings. The lowest BCUT2D eigenvalue weighted by Crippen LogP contribution is -2.13. The van der Waals surface area contributed by atoms with Gasteiger partial charge in [0, 0.05) is 11.1 Å². The third kappa shape index (κ3) is 2.38. The molecule has 0 saturated heterocycles. The number of aromatic nitrogens is 3. The first-order valence-electron chi connectivity index (χ1n) is 7.60. The maximum atomic E-state index is 11.6. The number of carboxylic acids is 1. The minimum atomic E-state index is -1.01. The van der Waals surface area contributed by atoms with Gasteiger partial charge in [-0.1, -0.05) is 44.2 Å². The second kappa shape index (κ2) is 5.50. The normalized spacial score (nSPS) is 11.3. The maximum absolute atomic E-state index is 11.6. The number of carboxylic acid groups (broad SMARTS) is 1. The van der Waals surface area contributed by atoms with Gasteiger partial charge < -0.3 is 5.11 Å². The predicted molar refractivity (Wildman–Crippen MR) is 88.9 cm³/mol. The Hall–Kier alpha value is -2.69. The molecule has 0 saturated carbocycles. The molecule has 5 heteroatoms. The van der Waals surface area contributed by atoms with E-state index in [0.29, 0.717) is 11.2 Å². The Bertz CT molecular complexity index is 896. The molecule has 1 aromatic carbocycles. The molecule has 3 rings (SSSR count). The van der Waals surface area contributed by atoms with Crippen molar-refractivity contribution in [2.24, 2.45) is 0 Å². The minimum Gasteiger partial charge on any atom is -0.477 e. The first-order valence-corrected chi connectivity index (χ1v) is 7.60. The molecule has 0 radical (unpaired) electrons. The van der Waals surface area contributed by atoms with Crippen LogP contribution >= 0.6 is 0 Å². The molecule has 5 nitrogen and oxygen atoms in total. The summed E-state index contributed by atoms with van der Waals surface area (Å²) < 4.78 is 1.80. The standard InChI is InChI=1S/C18H19N3O2/c1-10(2)16-11(3)15(18(22)23)19-17-14(12(4)20-21(16)17)13-8-6-5-7-9-13/h5-10H,1-4H3,(H,22,23). The molecular weight excluding hydrogens is 290 g/mol. The Kier molecular flexibility index (Phi) is 3.64. The molecule has 0 aliphatic rings. The first kappa shape index (κ1) is 15.2. The molecule has 2 aromatic heterocycles. The Balaban J connectivity index is 2.45. The number of fused-ring (bicyclic) bond motifs is 1. The number of hydrogen-bond donors (Lipinski definition) is 1. The number of nitrogens with zero attached hydrogens (tertiary/aromatic N) is 3. The van der Waals surface area contributed by atoms with E-state index in [4.69, 9.17) is 0 Å². The molecule has 3 aromatic rings. The van der Waals surface area contributed by atoms with E-state index in [1.54, 1.807) is 11.4 Å². The minimum absolute atomic E-state index is 0.0956. The fourth-order valence-corrected chi connectivity index (χ4v) is 3.08. The van der Waals surface area contributed by atoms with Gasteiger partial charge in [0.25, 0.3) is 0 Å². The smallest absolute Gasteiger partial charge is 0.354 e. The number of hydrogen-bond acceptors (Lipinski definition) is 3. The first-order chi connectivity index (χ1) is 10.9. The Labute approximate surface area is 134 Å². The Morgan fingerprint density at radius 2 is 1.83 bits per heavy atom. The van der Waals surface area contributed by atoms with Crippen molar-refractivity contribution in [2.75, 3.05) is 0 Å². The number of aromatic carboxylic acids is 1. The van der Waals surface area contributed by atoms with Gasteiger partial charge in [-0.15, -0.1) is 0 Å². The van der Waals surface area contributed by atoms with Gasteiger partial charge >= 0.3 is 5.97 Å². The maximum Gasteiger partial charge on any atom is 0.354 e. The van der Waals surface area contributed by atoms with E-state index >= 15 is 0 Å². The average Bonchev–Trinajstić information content (AvgIpc) is 2.82. The van der Waals surface area contributed by atoms with Crippen LogP contribution in [0.3, 0.4) is 0 Å². The summed E-state index contributed by atoms with van der Waals surface area (Å²) in [6, 6.07) is 9.83. The summed E-state index contributed by atoms with van der Waals surface area (Å²) in [5.41, 5.74) is 4.96. The summed E-state index contributed by atoms with van der Waals surface area (Å²) in [5, 5.41) is 14.1. The molecule has 2 heterocycles. The topological polar surface area (TPSA) is 67.5 Å². The van der Waals surface area contributed by atoms with Crippen molar-refractivity contribution in [1.29, 1.82) is 0 Å². The van der Waals surface area contributed by atoms with E-state index in [1.807, 2.05) is 51.1 Å². The van der Waals surface area contributed by atoms with E-state index in [9.17, 15) is 9.90 Å². The Morgan fingerprint density at radius 3 is 2.39 bits per heavy atom. The summed E-state index contributed by atoms with van der Waals surface area (Å²) in [4.78, 5) is 16.0. The highest BCUT2D eigenvalue weighted by atomic mass is 16.4. The van der Waals surface area contributed by atoms with Crippen molar-refractivity contribution in [3.05, 3.63) is 53.0 Å². The van der Waals surface area contributed by atoms with Crippen molar-refractivity contribution in [3.63, 3.8) is 0 Å². The van der Waals surface area contributed by atoms with Crippen LogP contribution in [0, 0.1) is 13.8 Å². The summed E-state index contributed by atoms with van der Waals surface area (Å²) in [6.45, 7) is 7.79. The third-order valence-electron chi connectivity index (χ3n) is 4.03. The highest BCUT2D eigenvalue weighted by molar-refractivity contribution is 5.90. The molecule has 0 amide bonds. The monoisotopic (exact) mass is 309 g/mol. The number of benzene rings is 1. The zero-order valence-electron chi connectivity index (χ0n) is 13.7. The third-order valence-corrected chi connectivity index (χ3v) is 4.03. The second-order valence-corrected chi connectivity index (χ2v) is 5.99. The van der Waals surface area contributed by atoms with Crippen LogP contribution in [0.25, 0.3) is 16.8 Å². The van der Waals surface area contributed by atoms with Crippen LogP contribution in [0.15, 0.2) is 30.3 Å². The highest BCUT2D eigenvalue weighted by Crippen LogP contribution is 2.31. The van der Waals surface area contributed by atoms with Gasteiger partial charge in [-0.2, -0.15) is 5.10 Å². The zero-order chi connectivity index (χ0) is 16.7. The molecule has 23 heavy (non-hydrogen) atoms. The number of carbonyl (C=O) groups is 1. The molecular formula is C18H19N3O2. The van der Waals surface area contributed by atoms with E-state index < -0.39 is 5.97 Å². The second-order valence-electron chi connectivity index (χ2n) is 5.99. The van der Waals surface area contributed by atoms with E-state index in [2.05, 4.69) is 10.1 Å². The van der Waals surface area contributed by atoms with Crippen molar-refractivity contribution in [1.82, 2.24) is 14.6 Å². The van der Waals surface area contributed by atoms with Crippen molar-refractivity contribution in [2.45, 2.75) is 33.6 Å². The molecule has 0 atom stereocenters. The van der Waals surface area contributed by atoms with E-state index in [1.165, 1.54) is 0 Å². The largest absolute Gasteiger partial charge is 0.477 e. The fourth-order valence-electron chi connectivity index (χ4n) is 3.08. The summed E-state index contributed by atoms with van der Waals surface area (Å²) in [7, 11) is 0. The SMILES string of the molecule is Cc1nn2c(C(C)C)c(C)c(C(=O)O)nc2c1-c1ccccc1. The van der Waals surface area contributed by atoms with Gasteiger partial charge in [0.05, 0.1) is 11.4 Å². The summed E-state index contributed by atoms with van der Waals surface area (Å²) in [5.74, 6) is -0.869. The predicted octanol–water partition coefficient (Wildman–Crippen LogP) is 3.83. The van der Waals surface area contributed by atoms with Crippen LogP contribution in [0.5, 0.6) is 0 Å². The summed E-state index contributed by atoms with van der Waals surface area (Å²) in [6.07, 6.45) is 0. The molecule has 0 unspecified atom stereocenters. The zero-order valence-corrected chi connectivity index (χ0v) is 13.7. The van der Waals surface area contributed by atoms with Gasteiger partial charge in [0.1, 0.15) is 0 Å². The molecule has 0 aliphatic carbocycles. The van der Waals surface area contributed by atoms with Crippen LogP contribution in [0.2, 0.25) is 0 Å². The van der Waals surface area contributed by atoms with E-state index in [-0.39, 0.29) is 11.6 Å². The van der Waals surface area contributed by atoms with Crippen LogP contribution in [-0.2, 0) is 0 Å². The number of aryl methyl sites for hydroxylation is 1. The van der Waals surface area contributed by atoms with Crippen molar-refractivity contribution >= 4 is 11.6 Å². The van der Waals surface area contributed by atoms with Gasteiger partial charge in [-0.3, -0.25) is 0 Å². The summed E-state index contributed by atoms with van der Waals surface area (Å²) >= 11 is 0. The lowest BCUT2D eigenvalue weighted by molar-refractivity contribution is 0.0689. The lowest BCUT2D eigenvalue weighted by atomic mass is 10.0. The van der Waals surface area contributed by atoms with Gasteiger partial charge in [0.15, 0.2) is 11.3 Å². The molecule has 1 N–H and O–H groups in total. The quantitative estimate of drug-likeness (QED) is 0.798. The molecule has 0 spiro atoms. The highest BCUT2D eigenvalue weighted by Gasteiger charge is 2.23. The number of rotatable bonds is 3. The van der Waals surface area contributed by atoms with Crippen LogP contribution in [0.1, 0.15) is 47.2 Å². The Morgan fingerprint density at radius 1 is 1.17 bits per heavy atom. The van der Waals surface area contributed by atoms with Gasteiger partial charge in [-0.05, 0) is 25.3 Å². The fraction of sp³-hybridized carbons (Fsp3) is 0.278. The van der Waals surface area contributed by atoms with Crippen LogP contribution in [-0.4, -0.2) is 25.7 Å². The van der Waals surface area contributed by atoms with Crippen molar-refractivity contribution < 1.29 is 9.90 Å². The van der Waals surface area contributed by atoms with Crippen molar-refractivity contribution in [3.8, 4) is 11.1 Å². The van der Waals surface area contributed by atoms with Crippen LogP contribution < -0.4 is 0 Å².